The van der Waals surface area contributed by atoms with Crippen molar-refractivity contribution in [2.45, 2.75) is 70.9 Å². The van der Waals surface area contributed by atoms with Crippen molar-refractivity contribution in [1.29, 1.82) is 0 Å². The summed E-state index contributed by atoms with van der Waals surface area (Å²) in [5, 5.41) is 21.5. The zero-order chi connectivity index (χ0) is 35.6. The smallest absolute Gasteiger partial charge is 0.402 e. The van der Waals surface area contributed by atoms with Crippen molar-refractivity contribution in [3.8, 4) is 0 Å². The van der Waals surface area contributed by atoms with Crippen molar-refractivity contribution < 1.29 is 15.1 Å². The number of aryl methyl sites for hydroxylation is 6. The molecule has 49 heavy (non-hydrogen) atoms. The van der Waals surface area contributed by atoms with Gasteiger partial charge in [-0.25, -0.2) is 0 Å². The van der Waals surface area contributed by atoms with Gasteiger partial charge in [0.1, 0.15) is 0 Å². The van der Waals surface area contributed by atoms with Crippen molar-refractivity contribution in [2.75, 3.05) is 0 Å². The van der Waals surface area contributed by atoms with Gasteiger partial charge in [-0.3, -0.25) is 0 Å². The number of benzene rings is 6. The van der Waals surface area contributed by atoms with Gasteiger partial charge in [0.05, 0.1) is 0 Å². The summed E-state index contributed by atoms with van der Waals surface area (Å²) in [6.45, 7) is 12.9. The molecule has 0 aliphatic carbocycles. The maximum atomic E-state index is 7.17. The molecule has 3 N–H and O–H groups in total. The SMILES string of the molecule is Cc1ccccc1Sc1ccccc1C.Cc1ccccc1Sc1ccccc1C.Cc1ccccc1Sc1ccccc1C.OB(O)O. The zero-order valence-electron chi connectivity index (χ0n) is 29.0. The van der Waals surface area contributed by atoms with Gasteiger partial charge in [0.15, 0.2) is 0 Å². The first-order chi connectivity index (χ1) is 23.5. The molecule has 0 fully saturated rings. The second-order valence-corrected chi connectivity index (χ2v) is 14.5. The Morgan fingerprint density at radius 2 is 0.408 bits per heavy atom. The molecule has 0 saturated carbocycles. The molecule has 7 heteroatoms. The van der Waals surface area contributed by atoms with Crippen LogP contribution in [0.15, 0.2) is 175 Å². The van der Waals surface area contributed by atoms with Crippen LogP contribution in [0, 0.1) is 41.5 Å². The van der Waals surface area contributed by atoms with E-state index in [0.717, 1.165) is 0 Å². The molecule has 3 nitrogen and oxygen atoms in total. The molecule has 0 unspecified atom stereocenters. The lowest BCUT2D eigenvalue weighted by molar-refractivity contribution is 0.278. The molecule has 0 saturated heterocycles. The standard InChI is InChI=1S/3C14H14S.BH3O3/c3*1-11-7-3-5-9-13(11)15-14-10-6-4-8-12(14)2;2-1(3)4/h3*3-10H,1-2H3;2-4H. The lowest BCUT2D eigenvalue weighted by Crippen LogP contribution is -2.07. The van der Waals surface area contributed by atoms with Gasteiger partial charge in [-0.2, -0.15) is 0 Å². The summed E-state index contributed by atoms with van der Waals surface area (Å²) < 4.78 is 0. The first-order valence-corrected chi connectivity index (χ1v) is 18.4. The average Bonchev–Trinajstić information content (AvgIpc) is 3.08. The molecule has 0 amide bonds. The summed E-state index contributed by atoms with van der Waals surface area (Å²) in [4.78, 5) is 8.04. The summed E-state index contributed by atoms with van der Waals surface area (Å²) in [7, 11) is -2.17. The average molecular weight is 705 g/mol. The van der Waals surface area contributed by atoms with Gasteiger partial charge < -0.3 is 15.1 Å². The molecule has 0 heterocycles. The normalized spacial score (nSPS) is 9.98. The van der Waals surface area contributed by atoms with E-state index in [-0.39, 0.29) is 0 Å². The van der Waals surface area contributed by atoms with E-state index in [9.17, 15) is 0 Å². The van der Waals surface area contributed by atoms with Gasteiger partial charge in [-0.05, 0) is 111 Å². The molecule has 0 spiro atoms. The number of rotatable bonds is 6. The minimum atomic E-state index is -2.17. The van der Waals surface area contributed by atoms with Gasteiger partial charge in [0, 0.05) is 29.4 Å². The van der Waals surface area contributed by atoms with Gasteiger partial charge in [-0.1, -0.05) is 144 Å². The van der Waals surface area contributed by atoms with Crippen molar-refractivity contribution >= 4 is 42.6 Å². The topological polar surface area (TPSA) is 60.7 Å². The summed E-state index contributed by atoms with van der Waals surface area (Å²) in [5.41, 5.74) is 8.03. The monoisotopic (exact) mass is 704 g/mol. The fourth-order valence-electron chi connectivity index (χ4n) is 4.38. The van der Waals surface area contributed by atoms with Crippen LogP contribution in [0.5, 0.6) is 0 Å². The number of hydrogen-bond acceptors (Lipinski definition) is 6. The molecule has 0 bridgehead atoms. The molecule has 0 aliphatic heterocycles. The van der Waals surface area contributed by atoms with Crippen LogP contribution in [0.3, 0.4) is 0 Å². The quantitative estimate of drug-likeness (QED) is 0.150. The largest absolute Gasteiger partial charge is 0.631 e. The van der Waals surface area contributed by atoms with Crippen molar-refractivity contribution in [1.82, 2.24) is 0 Å². The maximum Gasteiger partial charge on any atom is 0.631 e. The molecule has 0 aromatic heterocycles. The fraction of sp³-hybridized carbons (Fsp3) is 0.143. The van der Waals surface area contributed by atoms with E-state index >= 15 is 0 Å². The Morgan fingerprint density at radius 3 is 0.531 bits per heavy atom. The van der Waals surface area contributed by atoms with Crippen LogP contribution < -0.4 is 0 Å². The zero-order valence-corrected chi connectivity index (χ0v) is 31.4. The van der Waals surface area contributed by atoms with E-state index in [1.165, 1.54) is 62.8 Å². The molecule has 252 valence electrons. The summed E-state index contributed by atoms with van der Waals surface area (Å²) in [5.74, 6) is 0. The minimum Gasteiger partial charge on any atom is -0.402 e. The van der Waals surface area contributed by atoms with Crippen LogP contribution in [-0.4, -0.2) is 22.4 Å². The first kappa shape index (κ1) is 39.8. The minimum absolute atomic E-state index is 1.34. The number of hydrogen-bond donors (Lipinski definition) is 3. The van der Waals surface area contributed by atoms with Crippen LogP contribution in [0.2, 0.25) is 0 Å². The van der Waals surface area contributed by atoms with Crippen LogP contribution >= 0.6 is 35.3 Å². The van der Waals surface area contributed by atoms with Crippen LogP contribution in [0.25, 0.3) is 0 Å². The van der Waals surface area contributed by atoms with Crippen molar-refractivity contribution in [3.05, 3.63) is 179 Å². The molecule has 0 aliphatic rings. The third-order valence-electron chi connectivity index (χ3n) is 7.22. The molecule has 0 atom stereocenters. The van der Waals surface area contributed by atoms with Gasteiger partial charge in [-0.15, -0.1) is 0 Å². The predicted molar refractivity (Wildman–Crippen MR) is 212 cm³/mol. The Labute approximate surface area is 306 Å². The molecular formula is C42H45BO3S3. The molecule has 6 rings (SSSR count). The summed E-state index contributed by atoms with van der Waals surface area (Å²) >= 11 is 5.52. The van der Waals surface area contributed by atoms with E-state index in [1.807, 2.05) is 35.3 Å². The van der Waals surface area contributed by atoms with E-state index in [4.69, 9.17) is 15.1 Å². The summed E-state index contributed by atoms with van der Waals surface area (Å²) in [6.07, 6.45) is 0. The van der Waals surface area contributed by atoms with Gasteiger partial charge >= 0.3 is 7.32 Å². The summed E-state index contributed by atoms with van der Waals surface area (Å²) in [6, 6.07) is 51.0. The molecule has 6 aromatic rings. The van der Waals surface area contributed by atoms with Crippen LogP contribution in [0.1, 0.15) is 33.4 Å². The Hall–Kier alpha value is -3.69. The highest BCUT2D eigenvalue weighted by Crippen LogP contribution is 2.34. The Bertz CT molecular complexity index is 1530. The Morgan fingerprint density at radius 1 is 0.286 bits per heavy atom. The maximum absolute atomic E-state index is 7.17. The van der Waals surface area contributed by atoms with E-state index in [0.29, 0.717) is 0 Å². The van der Waals surface area contributed by atoms with Crippen LogP contribution in [-0.2, 0) is 0 Å². The van der Waals surface area contributed by atoms with Crippen molar-refractivity contribution in [2.24, 2.45) is 0 Å². The highest BCUT2D eigenvalue weighted by atomic mass is 32.2. The molecule has 0 radical (unpaired) electrons. The van der Waals surface area contributed by atoms with Crippen molar-refractivity contribution in [3.63, 3.8) is 0 Å². The lowest BCUT2D eigenvalue weighted by Gasteiger charge is -2.07. The second kappa shape index (κ2) is 21.4. The lowest BCUT2D eigenvalue weighted by atomic mass is 10.2. The second-order valence-electron chi connectivity index (χ2n) is 11.2. The predicted octanol–water partition coefficient (Wildman–Crippen LogP) is 11.3. The van der Waals surface area contributed by atoms with E-state index in [1.54, 1.807) is 0 Å². The van der Waals surface area contributed by atoms with Gasteiger partial charge in [0.2, 0.25) is 0 Å². The Balaban J connectivity index is 0.000000188. The highest BCUT2D eigenvalue weighted by Gasteiger charge is 2.04. The molecular weight excluding hydrogens is 659 g/mol. The first-order valence-electron chi connectivity index (χ1n) is 16.0. The molecule has 6 aromatic carbocycles. The Kier molecular flexibility index (Phi) is 17.4. The fourth-order valence-corrected chi connectivity index (χ4v) is 7.35. The van der Waals surface area contributed by atoms with Gasteiger partial charge in [0.25, 0.3) is 0 Å². The highest BCUT2D eigenvalue weighted by molar-refractivity contribution is 8.00. The van der Waals surface area contributed by atoms with Crippen LogP contribution in [0.4, 0.5) is 0 Å². The van der Waals surface area contributed by atoms with E-state index in [2.05, 4.69) is 187 Å². The third-order valence-corrected chi connectivity index (χ3v) is 11.3. The third kappa shape index (κ3) is 14.4. The van der Waals surface area contributed by atoms with E-state index < -0.39 is 7.32 Å².